The number of nitrogens with two attached hydrogens (primary N) is 2. The number of nitrogens with one attached hydrogen (secondary N) is 15. The topological polar surface area (TPSA) is 791 Å². The molecule has 0 aliphatic carbocycles. The van der Waals surface area contributed by atoms with Gasteiger partial charge < -0.3 is 130 Å². The maximum absolute atomic E-state index is 14.8. The predicted molar refractivity (Wildman–Crippen MR) is 476 cm³/mol. The van der Waals surface area contributed by atoms with Crippen LogP contribution in [0.1, 0.15) is 98.3 Å². The van der Waals surface area contributed by atoms with Crippen LogP contribution in [0.15, 0.2) is 66.5 Å². The number of carboxylic acids is 4. The number of nitrogen functional groups attached to an aromatic ring is 1. The summed E-state index contributed by atoms with van der Waals surface area (Å²) in [6.07, 6.45) is 5.20. The molecule has 6 aromatic rings. The third kappa shape index (κ3) is 38.6. The quantitative estimate of drug-likeness (QED) is 0.0158. The summed E-state index contributed by atoms with van der Waals surface area (Å²) in [5.41, 5.74) is 12.1. The number of ether oxygens (including phenoxy) is 3. The van der Waals surface area contributed by atoms with Crippen LogP contribution in [0.3, 0.4) is 0 Å². The van der Waals surface area contributed by atoms with Crippen LogP contribution in [0.2, 0.25) is 0 Å². The van der Waals surface area contributed by atoms with E-state index >= 15 is 0 Å². The van der Waals surface area contributed by atoms with Gasteiger partial charge in [0.2, 0.25) is 70.9 Å². The molecule has 748 valence electrons. The predicted octanol–water partition coefficient (Wildman–Crippen LogP) is -9.50. The minimum absolute atomic E-state index is 0.00152. The Morgan fingerprint density at radius 2 is 1.17 bits per heavy atom. The first-order valence-corrected chi connectivity index (χ1v) is 44.1. The molecule has 2 aliphatic rings. The molecule has 1 fully saturated rings. The molecule has 10 atom stereocenters. The van der Waals surface area contributed by atoms with Crippen molar-refractivity contribution in [3.8, 4) is 0 Å². The van der Waals surface area contributed by atoms with Crippen molar-refractivity contribution >= 4 is 118 Å². The van der Waals surface area contributed by atoms with Crippen molar-refractivity contribution in [2.24, 2.45) is 5.73 Å². The first kappa shape index (κ1) is 108. The molecule has 5 aromatic heterocycles. The number of aryl methyl sites for hydroxylation is 1. The number of primary amides is 1. The average molecular weight is 1930 g/mol. The largest absolute Gasteiger partial charge is 0.480 e. The van der Waals surface area contributed by atoms with Gasteiger partial charge in [0.25, 0.3) is 11.5 Å². The number of rotatable bonds is 43. The highest BCUT2D eigenvalue weighted by Crippen LogP contribution is 2.16. The fourth-order valence-corrected chi connectivity index (χ4v) is 14.1. The van der Waals surface area contributed by atoms with Crippen molar-refractivity contribution in [1.82, 2.24) is 133 Å². The lowest BCUT2D eigenvalue weighted by atomic mass is 10.1. The number of fused-ring (bicyclic) bond motifs is 3. The Kier molecular flexibility index (Phi) is 44.3. The highest BCUT2D eigenvalue weighted by Gasteiger charge is 2.37. The van der Waals surface area contributed by atoms with Crippen molar-refractivity contribution in [2.45, 2.75) is 158 Å². The highest BCUT2D eigenvalue weighted by molar-refractivity contribution is 5.99. The number of carboxylic acid groups (broad SMARTS) is 4. The summed E-state index contributed by atoms with van der Waals surface area (Å²) in [4.78, 5) is 261. The first-order valence-electron chi connectivity index (χ1n) is 44.1. The van der Waals surface area contributed by atoms with Crippen molar-refractivity contribution in [2.75, 3.05) is 149 Å². The molecule has 7 heterocycles. The zero-order valence-electron chi connectivity index (χ0n) is 75.5. The number of aliphatic hydroxyl groups excluding tert-OH is 2. The van der Waals surface area contributed by atoms with E-state index in [-0.39, 0.29) is 222 Å². The number of carbonyl (C=O) groups is 16. The second kappa shape index (κ2) is 56.2. The van der Waals surface area contributed by atoms with Gasteiger partial charge in [-0.05, 0) is 83.1 Å². The van der Waals surface area contributed by atoms with Gasteiger partial charge in [-0.25, -0.2) is 24.7 Å². The molecule has 0 unspecified atom stereocenters. The maximum Gasteiger partial charge on any atom is 0.326 e. The number of aromatic amines is 3. The number of hydrogen-bond acceptors (Lipinski definition) is 35. The van der Waals surface area contributed by atoms with Gasteiger partial charge in [-0.1, -0.05) is 5.21 Å². The zero-order valence-corrected chi connectivity index (χ0v) is 75.5. The smallest absolute Gasteiger partial charge is 0.326 e. The van der Waals surface area contributed by atoms with E-state index in [0.717, 1.165) is 6.92 Å². The molecule has 1 aromatic carbocycles. The lowest BCUT2D eigenvalue weighted by Crippen LogP contribution is -2.62. The minimum Gasteiger partial charge on any atom is -0.480 e. The standard InChI is InChI=1S/C82H119N29O26/c1-47-72(124)97-56(74(126)88-16-26-135-27-28-136-29-30-137-44-64(116)95-55(70(83)123)7-3-5-15-87-63(115)39-107-18-20-108(40-65(117)118)22-24-110(42-67(121)122)25-23-109(21-19-107)41-66(119)120)8-4-6-17-111-38-53(105-106-111)33-58(96-62(114)14-13-57(81(133)134)98-73(125)49-9-11-50(12-10-49)89-36-54-37-90-71-69(94-54)80(132)104-82(84)103-71)75(127)99-59(31-51-34-85-45-91-51)76(128)101-61(43-112)78(130)100-60(32-52-35-86-46-92-52)77(129)102-68(48(2)113)79(131)93-47/h9-12,34-35,37-38,45-48,55-61,68,89,112-113H,3-8,13-33,36,39-44H2,1-2H3,(H2,83,123)(H,85,91)(H,86,92)(H,87,115)(H,88,126)(H,93,131)(H,95,116)(H,96,114)(H,97,124)(H,98,125)(H,99,127)(H,100,130)(H,101,128)(H,102,129)(H,117,118)(H,119,120)(H,121,122)(H,133,134)(H3,84,90,103,104,132)/t47-,48+,55+,56+,57+,58+,59-,60-,61-,68-/m1/s1. The summed E-state index contributed by atoms with van der Waals surface area (Å²) < 4.78 is 18.0. The maximum atomic E-state index is 14.8. The molecular formula is C82H119N29O26. The van der Waals surface area contributed by atoms with Crippen LogP contribution in [0.4, 0.5) is 11.6 Å². The van der Waals surface area contributed by atoms with Gasteiger partial charge in [0, 0.05) is 139 Å². The third-order valence-corrected chi connectivity index (χ3v) is 21.5. The molecule has 2 aliphatic heterocycles. The van der Waals surface area contributed by atoms with Gasteiger partial charge in [0.05, 0.1) is 109 Å². The van der Waals surface area contributed by atoms with E-state index in [1.54, 1.807) is 19.6 Å². The number of aromatic nitrogens is 11. The third-order valence-electron chi connectivity index (χ3n) is 21.5. The molecule has 0 radical (unpaired) electrons. The minimum atomic E-state index is -1.88. The lowest BCUT2D eigenvalue weighted by Gasteiger charge is -2.32. The van der Waals surface area contributed by atoms with E-state index in [2.05, 4.69) is 114 Å². The van der Waals surface area contributed by atoms with E-state index in [1.807, 2.05) is 0 Å². The number of anilines is 2. The van der Waals surface area contributed by atoms with Crippen LogP contribution in [0, 0.1) is 0 Å². The molecule has 2 bridgehead atoms. The molecule has 1 saturated heterocycles. The summed E-state index contributed by atoms with van der Waals surface area (Å²) in [5.74, 6) is -15.6. The first-order chi connectivity index (χ1) is 65.5. The Hall–Kier alpha value is -14.2. The number of carbonyl (C=O) groups excluding carboxylic acids is 12. The summed E-state index contributed by atoms with van der Waals surface area (Å²) in [5, 5.41) is 99.8. The number of amides is 12. The summed E-state index contributed by atoms with van der Waals surface area (Å²) >= 11 is 0. The van der Waals surface area contributed by atoms with Crippen LogP contribution in [0.5, 0.6) is 0 Å². The second-order valence-corrected chi connectivity index (χ2v) is 32.3. The normalized spacial score (nSPS) is 19.6. The van der Waals surface area contributed by atoms with Gasteiger partial charge >= 0.3 is 23.9 Å². The van der Waals surface area contributed by atoms with Crippen molar-refractivity contribution in [1.29, 1.82) is 0 Å². The second-order valence-electron chi connectivity index (χ2n) is 32.3. The molecule has 25 N–H and O–H groups in total. The van der Waals surface area contributed by atoms with Gasteiger partial charge in [0.15, 0.2) is 11.2 Å². The number of nitrogens with zero attached hydrogens (tertiary/aromatic N) is 12. The molecule has 8 rings (SSSR count). The highest BCUT2D eigenvalue weighted by atomic mass is 16.5. The van der Waals surface area contributed by atoms with Gasteiger partial charge in [-0.3, -0.25) is 106 Å². The summed E-state index contributed by atoms with van der Waals surface area (Å²) in [6, 6.07) is -8.36. The molecule has 55 nitrogen and oxygen atoms in total. The SMILES string of the molecule is C[C@H](O)[C@H]1NC(=O)[C@@H](Cc2cnc[nH]2)NC(=O)[C@@H](CO)NC(=O)[C@@H](Cc2cnc[nH]2)NC(=O)[C@@H](NC(=O)CC[C@H](NC(=O)c2ccc(NCc3cnc4nc(N)[nH]c(=O)c4n3)cc2)C(=O)O)Cc2cn(nn2)CCCC[C@@H](C(=O)NCCOCCOCCOCC(=O)N[C@@H](CCCCNC(=O)CN2CCN(CC(=O)O)CCN(CC(=O)O)CCN(CC(=O)O)CC2)C(N)=O)NC(=O)[C@@H](C)NC1=O. The number of unbranched alkanes of at least 4 members (excludes halogenated alkanes) is 1. The van der Waals surface area contributed by atoms with Crippen LogP contribution in [0.25, 0.3) is 11.2 Å². The van der Waals surface area contributed by atoms with E-state index in [1.165, 1.54) is 73.3 Å². The monoisotopic (exact) mass is 1930 g/mol. The van der Waals surface area contributed by atoms with Crippen LogP contribution < -0.4 is 80.8 Å². The lowest BCUT2D eigenvalue weighted by molar-refractivity contribution is -0.140. The fraction of sp³-hybridized carbons (Fsp3) is 0.561. The van der Waals surface area contributed by atoms with Gasteiger partial charge in [-0.2, -0.15) is 4.98 Å². The van der Waals surface area contributed by atoms with Crippen LogP contribution in [-0.2, 0) is 118 Å². The molecule has 0 saturated carbocycles. The summed E-state index contributed by atoms with van der Waals surface area (Å²) in [7, 11) is 0. The van der Waals surface area contributed by atoms with E-state index in [0.29, 0.717) is 24.2 Å². The summed E-state index contributed by atoms with van der Waals surface area (Å²) in [6.45, 7) is 1.71. The van der Waals surface area contributed by atoms with Crippen molar-refractivity contribution < 1.29 is 122 Å². The van der Waals surface area contributed by atoms with Crippen LogP contribution >= 0.6 is 0 Å². The van der Waals surface area contributed by atoms with Crippen molar-refractivity contribution in [3.05, 3.63) is 100 Å². The van der Waals surface area contributed by atoms with E-state index in [4.69, 9.17) is 25.7 Å². The van der Waals surface area contributed by atoms with E-state index in [9.17, 15) is 112 Å². The molecular weight excluding hydrogens is 1810 g/mol. The Balaban J connectivity index is 0.845. The van der Waals surface area contributed by atoms with Crippen molar-refractivity contribution in [3.63, 3.8) is 0 Å². The molecule has 0 spiro atoms. The molecule has 137 heavy (non-hydrogen) atoms. The van der Waals surface area contributed by atoms with Gasteiger partial charge in [0.1, 0.15) is 61.0 Å². The Labute approximate surface area is 782 Å². The number of imidazole rings is 2. The molecule has 12 amide bonds. The Bertz CT molecular complexity index is 5050. The zero-order chi connectivity index (χ0) is 99.5. The number of aliphatic hydroxyl groups is 2. The van der Waals surface area contributed by atoms with Gasteiger partial charge in [-0.15, -0.1) is 5.10 Å². The van der Waals surface area contributed by atoms with Crippen LogP contribution in [-0.4, -0.2) is 398 Å². The van der Waals surface area contributed by atoms with E-state index < -0.39 is 187 Å². The fourth-order valence-electron chi connectivity index (χ4n) is 14.1. The Morgan fingerprint density at radius 1 is 0.591 bits per heavy atom. The Morgan fingerprint density at radius 3 is 1.74 bits per heavy atom. The number of H-pyrrole nitrogens is 3. The average Bonchev–Trinajstić information content (AvgIpc) is 1.13. The number of hydrogen-bond donors (Lipinski definition) is 23. The number of benzene rings is 1. The number of aliphatic carboxylic acids is 4. The molecule has 55 heteroatoms.